The zero-order valence-corrected chi connectivity index (χ0v) is 18.4. The monoisotopic (exact) mass is 421 g/mol. The predicted molar refractivity (Wildman–Crippen MR) is 117 cm³/mol. The van der Waals surface area contributed by atoms with Crippen LogP contribution in [-0.4, -0.2) is 77.2 Å². The van der Waals surface area contributed by atoms with Crippen LogP contribution in [0.25, 0.3) is 0 Å². The first-order chi connectivity index (χ1) is 14.7. The highest BCUT2D eigenvalue weighted by atomic mass is 19.1. The summed E-state index contributed by atoms with van der Waals surface area (Å²) in [6.45, 7) is 5.58. The van der Waals surface area contributed by atoms with Crippen molar-refractivity contribution in [3.8, 4) is 0 Å². The molecule has 2 aliphatic rings. The number of guanidine groups is 1. The molecule has 0 aromatic heterocycles. The molecule has 30 heavy (non-hydrogen) atoms. The van der Waals surface area contributed by atoms with Gasteiger partial charge in [-0.15, -0.1) is 0 Å². The summed E-state index contributed by atoms with van der Waals surface area (Å²) in [5.74, 6) is 0.734. The fraction of sp³-hybridized carbons (Fsp3) is 0.696. The first-order valence-electron chi connectivity index (χ1n) is 11.1. The number of ether oxygens (including phenoxy) is 3. The van der Waals surface area contributed by atoms with Crippen molar-refractivity contribution in [1.82, 2.24) is 10.2 Å². The Balaban J connectivity index is 1.54. The van der Waals surface area contributed by atoms with Crippen LogP contribution in [0.15, 0.2) is 29.3 Å². The van der Waals surface area contributed by atoms with Crippen LogP contribution >= 0.6 is 0 Å². The van der Waals surface area contributed by atoms with Crippen LogP contribution in [0.4, 0.5) is 4.39 Å². The molecule has 0 atom stereocenters. The van der Waals surface area contributed by atoms with Crippen LogP contribution in [0.2, 0.25) is 0 Å². The molecule has 1 aromatic rings. The highest BCUT2D eigenvalue weighted by Crippen LogP contribution is 2.34. The van der Waals surface area contributed by atoms with E-state index < -0.39 is 0 Å². The lowest BCUT2D eigenvalue weighted by molar-refractivity contribution is 0.00968. The van der Waals surface area contributed by atoms with E-state index in [1.54, 1.807) is 19.2 Å². The fourth-order valence-electron chi connectivity index (χ4n) is 4.40. The quantitative estimate of drug-likeness (QED) is 0.397. The minimum atomic E-state index is -0.197. The molecule has 2 saturated heterocycles. The second-order valence-corrected chi connectivity index (χ2v) is 8.20. The van der Waals surface area contributed by atoms with Gasteiger partial charge in [-0.05, 0) is 49.8 Å². The molecule has 3 rings (SSSR count). The maximum absolute atomic E-state index is 13.5. The number of nitrogens with one attached hydrogen (secondary N) is 1. The molecule has 0 radical (unpaired) electrons. The summed E-state index contributed by atoms with van der Waals surface area (Å²) in [5, 5.41) is 3.61. The van der Waals surface area contributed by atoms with E-state index in [0.717, 1.165) is 84.1 Å². The van der Waals surface area contributed by atoms with Crippen LogP contribution in [0.3, 0.4) is 0 Å². The number of halogens is 1. The number of rotatable bonds is 8. The van der Waals surface area contributed by atoms with Gasteiger partial charge in [0.2, 0.25) is 0 Å². The van der Waals surface area contributed by atoms with Gasteiger partial charge < -0.3 is 24.4 Å². The SMILES string of the molecule is CN=C(NCC1(c2ccc(F)cc2)CCOCC1)N1CCC(OCCCOC)CC1. The maximum Gasteiger partial charge on any atom is 0.193 e. The predicted octanol–water partition coefficient (Wildman–Crippen LogP) is 2.97. The van der Waals surface area contributed by atoms with Crippen molar-refractivity contribution in [3.63, 3.8) is 0 Å². The number of piperidine rings is 1. The second-order valence-electron chi connectivity index (χ2n) is 8.20. The third-order valence-electron chi connectivity index (χ3n) is 6.29. The standard InChI is InChI=1S/C23H36FN3O3/c1-25-22(27-12-8-21(9-13-27)30-15-3-14-28-2)26-18-23(10-16-29-17-11-23)19-4-6-20(24)7-5-19/h4-7,21H,3,8-18H2,1-2H3,(H,25,26). The molecule has 0 saturated carbocycles. The molecule has 1 N–H and O–H groups in total. The molecule has 2 fully saturated rings. The molecule has 0 aliphatic carbocycles. The van der Waals surface area contributed by atoms with Gasteiger partial charge in [-0.25, -0.2) is 4.39 Å². The van der Waals surface area contributed by atoms with Crippen LogP contribution in [0, 0.1) is 5.82 Å². The summed E-state index contributed by atoms with van der Waals surface area (Å²) in [6, 6.07) is 6.94. The lowest BCUT2D eigenvalue weighted by atomic mass is 9.74. The average molecular weight is 422 g/mol. The summed E-state index contributed by atoms with van der Waals surface area (Å²) < 4.78 is 30.1. The lowest BCUT2D eigenvalue weighted by Gasteiger charge is -2.40. The summed E-state index contributed by atoms with van der Waals surface area (Å²) >= 11 is 0. The Kier molecular flexibility index (Phi) is 8.90. The van der Waals surface area contributed by atoms with Crippen LogP contribution in [-0.2, 0) is 19.6 Å². The van der Waals surface area contributed by atoms with Crippen molar-refractivity contribution in [3.05, 3.63) is 35.6 Å². The van der Waals surface area contributed by atoms with E-state index >= 15 is 0 Å². The molecule has 2 heterocycles. The largest absolute Gasteiger partial charge is 0.385 e. The van der Waals surface area contributed by atoms with Crippen molar-refractivity contribution in [2.24, 2.45) is 4.99 Å². The Bertz CT molecular complexity index is 654. The van der Waals surface area contributed by atoms with Crippen molar-refractivity contribution in [2.45, 2.75) is 43.6 Å². The average Bonchev–Trinajstić information content (AvgIpc) is 2.79. The third-order valence-corrected chi connectivity index (χ3v) is 6.29. The molecule has 0 spiro atoms. The Morgan fingerprint density at radius 2 is 1.90 bits per heavy atom. The van der Waals surface area contributed by atoms with E-state index in [4.69, 9.17) is 14.2 Å². The Morgan fingerprint density at radius 3 is 2.53 bits per heavy atom. The highest BCUT2D eigenvalue weighted by Gasteiger charge is 2.35. The van der Waals surface area contributed by atoms with Gasteiger partial charge >= 0.3 is 0 Å². The number of aliphatic imine (C=N–C) groups is 1. The van der Waals surface area contributed by atoms with E-state index in [0.29, 0.717) is 6.10 Å². The van der Waals surface area contributed by atoms with Crippen molar-refractivity contribution in [1.29, 1.82) is 0 Å². The van der Waals surface area contributed by atoms with E-state index in [1.807, 2.05) is 19.2 Å². The van der Waals surface area contributed by atoms with Gasteiger partial charge in [0.15, 0.2) is 5.96 Å². The van der Waals surface area contributed by atoms with Gasteiger partial charge in [0.25, 0.3) is 0 Å². The van der Waals surface area contributed by atoms with Gasteiger partial charge in [0, 0.05) is 65.6 Å². The molecule has 1 aromatic carbocycles. The van der Waals surface area contributed by atoms with E-state index in [1.165, 1.54) is 5.56 Å². The molecule has 2 aliphatic heterocycles. The Hall–Kier alpha value is -1.70. The molecule has 0 unspecified atom stereocenters. The number of benzene rings is 1. The number of hydrogen-bond donors (Lipinski definition) is 1. The molecule has 0 bridgehead atoms. The van der Waals surface area contributed by atoms with Gasteiger partial charge in [0.1, 0.15) is 5.82 Å². The zero-order valence-electron chi connectivity index (χ0n) is 18.4. The van der Waals surface area contributed by atoms with Crippen molar-refractivity contribution < 1.29 is 18.6 Å². The van der Waals surface area contributed by atoms with Crippen LogP contribution in [0.1, 0.15) is 37.7 Å². The van der Waals surface area contributed by atoms with Crippen molar-refractivity contribution in [2.75, 3.05) is 60.2 Å². The maximum atomic E-state index is 13.5. The minimum Gasteiger partial charge on any atom is -0.385 e. The molecular weight excluding hydrogens is 385 g/mol. The number of likely N-dealkylation sites (tertiary alicyclic amines) is 1. The van der Waals surface area contributed by atoms with Gasteiger partial charge in [0.05, 0.1) is 6.10 Å². The molecular formula is C23H36FN3O3. The first kappa shape index (κ1) is 23.0. The topological polar surface area (TPSA) is 55.3 Å². The van der Waals surface area contributed by atoms with E-state index in [-0.39, 0.29) is 11.2 Å². The summed E-state index contributed by atoms with van der Waals surface area (Å²) in [5.41, 5.74) is 1.10. The highest BCUT2D eigenvalue weighted by molar-refractivity contribution is 5.80. The smallest absolute Gasteiger partial charge is 0.193 e. The summed E-state index contributed by atoms with van der Waals surface area (Å²) in [6.07, 6.45) is 5.10. The normalized spacial score (nSPS) is 20.4. The van der Waals surface area contributed by atoms with E-state index in [9.17, 15) is 4.39 Å². The first-order valence-corrected chi connectivity index (χ1v) is 11.1. The van der Waals surface area contributed by atoms with Gasteiger partial charge in [-0.2, -0.15) is 0 Å². The van der Waals surface area contributed by atoms with E-state index in [2.05, 4.69) is 15.2 Å². The van der Waals surface area contributed by atoms with Crippen LogP contribution < -0.4 is 5.32 Å². The Labute approximate surface area is 179 Å². The number of hydrogen-bond acceptors (Lipinski definition) is 4. The summed E-state index contributed by atoms with van der Waals surface area (Å²) in [7, 11) is 3.56. The molecule has 6 nitrogen and oxygen atoms in total. The van der Waals surface area contributed by atoms with Crippen molar-refractivity contribution >= 4 is 5.96 Å². The second kappa shape index (κ2) is 11.6. The zero-order chi connectivity index (χ0) is 21.2. The fourth-order valence-corrected chi connectivity index (χ4v) is 4.40. The van der Waals surface area contributed by atoms with Gasteiger partial charge in [-0.1, -0.05) is 12.1 Å². The summed E-state index contributed by atoms with van der Waals surface area (Å²) in [4.78, 5) is 6.84. The third kappa shape index (κ3) is 6.15. The number of methoxy groups -OCH3 is 1. The molecule has 0 amide bonds. The number of nitrogens with zero attached hydrogens (tertiary/aromatic N) is 2. The van der Waals surface area contributed by atoms with Crippen LogP contribution in [0.5, 0.6) is 0 Å². The molecule has 168 valence electrons. The minimum absolute atomic E-state index is 0.0648. The van der Waals surface area contributed by atoms with Gasteiger partial charge in [-0.3, -0.25) is 4.99 Å². The lowest BCUT2D eigenvalue weighted by Crippen LogP contribution is -2.51. The molecule has 7 heteroatoms. The Morgan fingerprint density at radius 1 is 1.20 bits per heavy atom.